The van der Waals surface area contributed by atoms with Gasteiger partial charge in [-0.05, 0) is 81.6 Å². The van der Waals surface area contributed by atoms with Gasteiger partial charge in [0, 0.05) is 33.3 Å². The van der Waals surface area contributed by atoms with E-state index in [1.807, 2.05) is 0 Å². The molecule has 0 saturated heterocycles. The Kier molecular flexibility index (Phi) is 7.85. The van der Waals surface area contributed by atoms with E-state index in [1.54, 1.807) is 0 Å². The van der Waals surface area contributed by atoms with Crippen LogP contribution in [0, 0.1) is 0 Å². The van der Waals surface area contributed by atoms with Gasteiger partial charge in [0.15, 0.2) is 0 Å². The summed E-state index contributed by atoms with van der Waals surface area (Å²) >= 11 is 0. The average Bonchev–Trinajstić information content (AvgIpc) is 3.59. The molecule has 10 rings (SSSR count). The maximum atomic E-state index is 2.46. The third-order valence-corrected chi connectivity index (χ3v) is 10.6. The molecule has 0 saturated carbocycles. The highest BCUT2D eigenvalue weighted by Gasteiger charge is 2.22. The van der Waals surface area contributed by atoms with Gasteiger partial charge in [0.1, 0.15) is 0 Å². The summed E-state index contributed by atoms with van der Waals surface area (Å²) < 4.78 is 2.40. The number of hydrogen-bond acceptors (Lipinski definition) is 1. The Morgan fingerprint density at radius 2 is 0.870 bits per heavy atom. The second-order valence-corrected chi connectivity index (χ2v) is 13.8. The zero-order chi connectivity index (χ0) is 35.8. The molecule has 0 spiro atoms. The van der Waals surface area contributed by atoms with Crippen molar-refractivity contribution >= 4 is 49.6 Å². The van der Waals surface area contributed by atoms with Gasteiger partial charge >= 0.3 is 0 Å². The Balaban J connectivity index is 1.26. The second kappa shape index (κ2) is 13.4. The molecule has 0 atom stereocenters. The van der Waals surface area contributed by atoms with E-state index in [2.05, 4.69) is 228 Å². The van der Waals surface area contributed by atoms with Crippen molar-refractivity contribution in [3.05, 3.63) is 218 Å². The Hall–Kier alpha value is -7.16. The Labute approximate surface area is 315 Å². The number of hydrogen-bond donors (Lipinski definition) is 0. The predicted molar refractivity (Wildman–Crippen MR) is 229 cm³/mol. The quantitative estimate of drug-likeness (QED) is 0.162. The number of aromatic nitrogens is 1. The second-order valence-electron chi connectivity index (χ2n) is 13.8. The third kappa shape index (κ3) is 5.53. The molecule has 0 amide bonds. The first kappa shape index (κ1) is 31.6. The molecule has 0 bridgehead atoms. The van der Waals surface area contributed by atoms with Gasteiger partial charge in [-0.3, -0.25) is 0 Å². The van der Waals surface area contributed by atoms with Gasteiger partial charge < -0.3 is 9.47 Å². The van der Waals surface area contributed by atoms with Crippen LogP contribution >= 0.6 is 0 Å². The Morgan fingerprint density at radius 3 is 1.59 bits per heavy atom. The van der Waals surface area contributed by atoms with Gasteiger partial charge in [0.2, 0.25) is 0 Å². The average molecular weight is 689 g/mol. The minimum absolute atomic E-state index is 1.07. The molecule has 1 aromatic heterocycles. The molecular formula is C52H36N2. The lowest BCUT2D eigenvalue weighted by atomic mass is 9.94. The first-order valence-corrected chi connectivity index (χ1v) is 18.5. The van der Waals surface area contributed by atoms with E-state index in [0.29, 0.717) is 0 Å². The smallest absolute Gasteiger partial charge is 0.0546 e. The van der Waals surface area contributed by atoms with Gasteiger partial charge in [-0.15, -0.1) is 0 Å². The largest absolute Gasteiger partial charge is 0.309 e. The number of anilines is 3. The highest BCUT2D eigenvalue weighted by molar-refractivity contribution is 6.09. The topological polar surface area (TPSA) is 8.17 Å². The molecule has 0 unspecified atom stereocenters. The normalized spacial score (nSPS) is 11.3. The van der Waals surface area contributed by atoms with Crippen LogP contribution in [0.4, 0.5) is 17.1 Å². The van der Waals surface area contributed by atoms with E-state index in [9.17, 15) is 0 Å². The van der Waals surface area contributed by atoms with E-state index in [4.69, 9.17) is 0 Å². The van der Waals surface area contributed by atoms with Crippen molar-refractivity contribution in [2.45, 2.75) is 0 Å². The minimum Gasteiger partial charge on any atom is -0.309 e. The number of benzene rings is 9. The van der Waals surface area contributed by atoms with Crippen molar-refractivity contribution in [3.8, 4) is 39.1 Å². The van der Waals surface area contributed by atoms with Crippen molar-refractivity contribution in [3.63, 3.8) is 0 Å². The first-order valence-electron chi connectivity index (χ1n) is 18.5. The van der Waals surface area contributed by atoms with Gasteiger partial charge in [-0.25, -0.2) is 0 Å². The van der Waals surface area contributed by atoms with Crippen LogP contribution in [0.5, 0.6) is 0 Å². The maximum Gasteiger partial charge on any atom is 0.0546 e. The Morgan fingerprint density at radius 1 is 0.315 bits per heavy atom. The number of nitrogens with zero attached hydrogens (tertiary/aromatic N) is 2. The van der Waals surface area contributed by atoms with Crippen molar-refractivity contribution in [1.29, 1.82) is 0 Å². The fourth-order valence-electron chi connectivity index (χ4n) is 8.04. The van der Waals surface area contributed by atoms with Crippen LogP contribution in [0.1, 0.15) is 0 Å². The summed E-state index contributed by atoms with van der Waals surface area (Å²) in [6, 6.07) is 79.1. The first-order chi connectivity index (χ1) is 26.8. The zero-order valence-corrected chi connectivity index (χ0v) is 29.7. The maximum absolute atomic E-state index is 2.46. The summed E-state index contributed by atoms with van der Waals surface area (Å²) in [5.74, 6) is 0. The molecule has 0 aliphatic heterocycles. The Bertz CT molecular complexity index is 2890. The lowest BCUT2D eigenvalue weighted by molar-refractivity contribution is 1.17. The third-order valence-electron chi connectivity index (χ3n) is 10.6. The van der Waals surface area contributed by atoms with Crippen molar-refractivity contribution in [2.75, 3.05) is 4.90 Å². The van der Waals surface area contributed by atoms with Crippen LogP contribution < -0.4 is 4.90 Å². The SMILES string of the molecule is c1ccc(-c2ccccc2N(c2cccc(-n3c4ccccc4c4ccccc43)c2)c2cc(-c3ccc4ccccc4c3)ccc2-c2ccccc2)cc1. The van der Waals surface area contributed by atoms with Gasteiger partial charge in [0.25, 0.3) is 0 Å². The lowest BCUT2D eigenvalue weighted by Gasteiger charge is -2.31. The zero-order valence-electron chi connectivity index (χ0n) is 29.7. The lowest BCUT2D eigenvalue weighted by Crippen LogP contribution is -2.13. The summed E-state index contributed by atoms with van der Waals surface area (Å²) in [7, 11) is 0. The number of rotatable bonds is 7. The van der Waals surface area contributed by atoms with Crippen molar-refractivity contribution < 1.29 is 0 Å². The molecule has 9 aromatic carbocycles. The van der Waals surface area contributed by atoms with Crippen molar-refractivity contribution in [1.82, 2.24) is 4.57 Å². The molecule has 0 aliphatic rings. The van der Waals surface area contributed by atoms with Gasteiger partial charge in [-0.1, -0.05) is 170 Å². The standard InChI is InChI=1S/C52H36N2/c1-3-17-38(18-4-1)45-24-9-12-27-49(45)54(44-23-15-22-43(36-44)53-50-28-13-10-25-47(50)48-26-11-14-29-51(48)53)52-35-42(32-33-46(52)39-19-5-2-6-20-39)41-31-30-37-16-7-8-21-40(37)34-41/h1-36H. The van der Waals surface area contributed by atoms with E-state index in [0.717, 1.165) is 39.4 Å². The monoisotopic (exact) mass is 688 g/mol. The molecule has 10 aromatic rings. The van der Waals surface area contributed by atoms with E-state index in [-0.39, 0.29) is 0 Å². The summed E-state index contributed by atoms with van der Waals surface area (Å²) in [6.45, 7) is 0. The molecule has 2 heteroatoms. The minimum atomic E-state index is 1.07. The molecule has 0 radical (unpaired) electrons. The molecule has 2 nitrogen and oxygen atoms in total. The number of para-hydroxylation sites is 3. The van der Waals surface area contributed by atoms with Crippen molar-refractivity contribution in [2.24, 2.45) is 0 Å². The molecule has 54 heavy (non-hydrogen) atoms. The number of fused-ring (bicyclic) bond motifs is 4. The van der Waals surface area contributed by atoms with Crippen LogP contribution in [0.3, 0.4) is 0 Å². The predicted octanol–water partition coefficient (Wildman–Crippen LogP) is 14.4. The summed E-state index contributed by atoms with van der Waals surface area (Å²) in [6.07, 6.45) is 0. The molecule has 0 fully saturated rings. The highest BCUT2D eigenvalue weighted by Crippen LogP contribution is 2.47. The van der Waals surface area contributed by atoms with E-state index in [1.165, 1.54) is 49.3 Å². The van der Waals surface area contributed by atoms with Crippen LogP contribution in [0.25, 0.3) is 71.6 Å². The molecular weight excluding hydrogens is 653 g/mol. The van der Waals surface area contributed by atoms with Crippen LogP contribution in [-0.4, -0.2) is 4.57 Å². The van der Waals surface area contributed by atoms with Crippen LogP contribution in [-0.2, 0) is 0 Å². The highest BCUT2D eigenvalue weighted by atomic mass is 15.2. The van der Waals surface area contributed by atoms with Gasteiger partial charge in [-0.2, -0.15) is 0 Å². The van der Waals surface area contributed by atoms with E-state index < -0.39 is 0 Å². The fraction of sp³-hybridized carbons (Fsp3) is 0. The summed E-state index contributed by atoms with van der Waals surface area (Å²) in [5.41, 5.74) is 13.8. The molecule has 0 N–H and O–H groups in total. The molecule has 254 valence electrons. The molecule has 0 aliphatic carbocycles. The fourth-order valence-corrected chi connectivity index (χ4v) is 8.04. The molecule has 1 heterocycles. The summed E-state index contributed by atoms with van der Waals surface area (Å²) in [5, 5.41) is 4.97. The van der Waals surface area contributed by atoms with Gasteiger partial charge in [0.05, 0.1) is 22.4 Å². The van der Waals surface area contributed by atoms with E-state index >= 15 is 0 Å². The van der Waals surface area contributed by atoms with Crippen LogP contribution in [0.15, 0.2) is 218 Å². The summed E-state index contributed by atoms with van der Waals surface area (Å²) in [4.78, 5) is 2.46. The van der Waals surface area contributed by atoms with Crippen LogP contribution in [0.2, 0.25) is 0 Å².